The van der Waals surface area contributed by atoms with Crippen molar-refractivity contribution >= 4 is 10.0 Å². The van der Waals surface area contributed by atoms with E-state index in [4.69, 9.17) is 9.05 Å². The van der Waals surface area contributed by atoms with Gasteiger partial charge in [0.2, 0.25) is 10.0 Å². The van der Waals surface area contributed by atoms with E-state index in [9.17, 15) is 8.42 Å². The monoisotopic (exact) mass is 360 g/mol. The average Bonchev–Trinajstić information content (AvgIpc) is 3.38. The van der Waals surface area contributed by atoms with Crippen molar-refractivity contribution in [2.45, 2.75) is 24.2 Å². The molecule has 0 N–H and O–H groups in total. The molecular formula is C16H16N4O4S. The van der Waals surface area contributed by atoms with Crippen molar-refractivity contribution in [1.29, 1.82) is 0 Å². The lowest BCUT2D eigenvalue weighted by molar-refractivity contribution is 0.382. The Bertz CT molecular complexity index is 960. The van der Waals surface area contributed by atoms with Gasteiger partial charge in [0.15, 0.2) is 5.82 Å². The maximum atomic E-state index is 12.7. The van der Waals surface area contributed by atoms with Gasteiger partial charge in [0.25, 0.3) is 5.89 Å². The highest BCUT2D eigenvalue weighted by molar-refractivity contribution is 7.89. The minimum atomic E-state index is -3.48. The lowest BCUT2D eigenvalue weighted by Crippen LogP contribution is -2.27. The molecule has 25 heavy (non-hydrogen) atoms. The third-order valence-electron chi connectivity index (χ3n) is 4.08. The summed E-state index contributed by atoms with van der Waals surface area (Å²) in [6.07, 6.45) is 3.69. The van der Waals surface area contributed by atoms with E-state index in [2.05, 4.69) is 15.3 Å². The van der Waals surface area contributed by atoms with Crippen LogP contribution in [0, 0.1) is 0 Å². The Morgan fingerprint density at radius 3 is 2.72 bits per heavy atom. The summed E-state index contributed by atoms with van der Waals surface area (Å²) in [4.78, 5) is 4.54. The molecule has 0 unspecified atom stereocenters. The summed E-state index contributed by atoms with van der Waals surface area (Å²) in [5.41, 5.74) is 0.566. The lowest BCUT2D eigenvalue weighted by Gasteiger charge is -2.15. The zero-order valence-corrected chi connectivity index (χ0v) is 14.1. The zero-order valence-electron chi connectivity index (χ0n) is 13.3. The van der Waals surface area contributed by atoms with Crippen LogP contribution >= 0.6 is 0 Å². The highest BCUT2D eigenvalue weighted by Crippen LogP contribution is 2.25. The highest BCUT2D eigenvalue weighted by Gasteiger charge is 2.27. The van der Waals surface area contributed by atoms with E-state index in [1.165, 1.54) is 4.31 Å². The fourth-order valence-electron chi connectivity index (χ4n) is 2.80. The van der Waals surface area contributed by atoms with Gasteiger partial charge in [-0.1, -0.05) is 16.4 Å². The summed E-state index contributed by atoms with van der Waals surface area (Å²) in [5, 5.41) is 7.53. The normalized spacial score (nSPS) is 15.7. The molecule has 0 atom stereocenters. The predicted octanol–water partition coefficient (Wildman–Crippen LogP) is 2.10. The molecule has 1 fully saturated rings. The first-order valence-corrected chi connectivity index (χ1v) is 9.40. The number of benzene rings is 1. The van der Waals surface area contributed by atoms with Gasteiger partial charge in [-0.2, -0.15) is 9.29 Å². The molecule has 2 aromatic heterocycles. The van der Waals surface area contributed by atoms with Crippen LogP contribution in [0.15, 0.2) is 50.5 Å². The van der Waals surface area contributed by atoms with Crippen LogP contribution in [0.2, 0.25) is 0 Å². The van der Waals surface area contributed by atoms with Gasteiger partial charge < -0.3 is 9.05 Å². The molecule has 0 radical (unpaired) electrons. The van der Waals surface area contributed by atoms with E-state index in [0.29, 0.717) is 36.7 Å². The van der Waals surface area contributed by atoms with Crippen molar-refractivity contribution < 1.29 is 17.5 Å². The predicted molar refractivity (Wildman–Crippen MR) is 87.0 cm³/mol. The lowest BCUT2D eigenvalue weighted by atomic mass is 10.2. The van der Waals surface area contributed by atoms with Crippen LogP contribution in [0.4, 0.5) is 0 Å². The standard InChI is InChI=1S/C16H16N4O4S/c21-25(22,20-8-1-2-9-20)14-5-3-4-12(10-14)16-18-15(19-24-16)11-13-6-7-17-23-13/h3-7,10H,1-2,8-9,11H2. The minimum absolute atomic E-state index is 0.238. The van der Waals surface area contributed by atoms with Crippen LogP contribution in [-0.2, 0) is 16.4 Å². The Hall–Kier alpha value is -2.52. The maximum absolute atomic E-state index is 12.7. The van der Waals surface area contributed by atoms with Crippen molar-refractivity contribution in [1.82, 2.24) is 19.6 Å². The number of hydrogen-bond acceptors (Lipinski definition) is 7. The van der Waals surface area contributed by atoms with Crippen LogP contribution in [0.25, 0.3) is 11.5 Å². The molecule has 3 heterocycles. The number of hydrogen-bond donors (Lipinski definition) is 0. The van der Waals surface area contributed by atoms with Crippen LogP contribution in [0.3, 0.4) is 0 Å². The summed E-state index contributed by atoms with van der Waals surface area (Å²) in [7, 11) is -3.48. The first-order chi connectivity index (χ1) is 12.1. The summed E-state index contributed by atoms with van der Waals surface area (Å²) in [6, 6.07) is 8.30. The van der Waals surface area contributed by atoms with Crippen molar-refractivity contribution in [3.05, 3.63) is 48.1 Å². The van der Waals surface area contributed by atoms with Crippen molar-refractivity contribution in [3.63, 3.8) is 0 Å². The quantitative estimate of drug-likeness (QED) is 0.686. The molecular weight excluding hydrogens is 344 g/mol. The SMILES string of the molecule is O=S(=O)(c1cccc(-c2nc(Cc3ccno3)no2)c1)N1CCCC1. The Morgan fingerprint density at radius 1 is 1.12 bits per heavy atom. The van der Waals surface area contributed by atoms with Crippen molar-refractivity contribution in [2.75, 3.05) is 13.1 Å². The molecule has 0 bridgehead atoms. The molecule has 0 amide bonds. The van der Waals surface area contributed by atoms with Gasteiger partial charge in [-0.05, 0) is 31.0 Å². The third-order valence-corrected chi connectivity index (χ3v) is 5.97. The van der Waals surface area contributed by atoms with Gasteiger partial charge in [-0.25, -0.2) is 8.42 Å². The zero-order chi connectivity index (χ0) is 17.3. The smallest absolute Gasteiger partial charge is 0.257 e. The number of nitrogens with zero attached hydrogens (tertiary/aromatic N) is 4. The van der Waals surface area contributed by atoms with Crippen molar-refractivity contribution in [2.24, 2.45) is 0 Å². The number of aromatic nitrogens is 3. The molecule has 1 aromatic carbocycles. The topological polar surface area (TPSA) is 102 Å². The molecule has 9 heteroatoms. The molecule has 130 valence electrons. The van der Waals surface area contributed by atoms with E-state index in [1.807, 2.05) is 0 Å². The van der Waals surface area contributed by atoms with Gasteiger partial charge in [0, 0.05) is 24.7 Å². The fraction of sp³-hybridized carbons (Fsp3) is 0.312. The van der Waals surface area contributed by atoms with E-state index in [0.717, 1.165) is 12.8 Å². The van der Waals surface area contributed by atoms with Crippen LogP contribution in [0.1, 0.15) is 24.4 Å². The molecule has 4 rings (SSSR count). The summed E-state index contributed by atoms with van der Waals surface area (Å²) >= 11 is 0. The molecule has 1 saturated heterocycles. The van der Waals surface area contributed by atoms with Crippen LogP contribution < -0.4 is 0 Å². The van der Waals surface area contributed by atoms with Gasteiger partial charge in [0.05, 0.1) is 17.5 Å². The van der Waals surface area contributed by atoms with E-state index < -0.39 is 10.0 Å². The van der Waals surface area contributed by atoms with Crippen LogP contribution in [-0.4, -0.2) is 41.1 Å². The summed E-state index contributed by atoms with van der Waals surface area (Å²) in [6.45, 7) is 1.13. The molecule has 0 aliphatic carbocycles. The second kappa shape index (κ2) is 6.41. The average molecular weight is 360 g/mol. The first kappa shape index (κ1) is 16.0. The van der Waals surface area contributed by atoms with E-state index >= 15 is 0 Å². The second-order valence-corrected chi connectivity index (χ2v) is 7.75. The van der Waals surface area contributed by atoms with Gasteiger partial charge >= 0.3 is 0 Å². The van der Waals surface area contributed by atoms with Gasteiger partial charge in [-0.3, -0.25) is 0 Å². The van der Waals surface area contributed by atoms with Crippen LogP contribution in [0.5, 0.6) is 0 Å². The highest BCUT2D eigenvalue weighted by atomic mass is 32.2. The van der Waals surface area contributed by atoms with E-state index in [-0.39, 0.29) is 10.8 Å². The molecule has 8 nitrogen and oxygen atoms in total. The largest absolute Gasteiger partial charge is 0.361 e. The third kappa shape index (κ3) is 3.20. The molecule has 3 aromatic rings. The molecule has 0 saturated carbocycles. The maximum Gasteiger partial charge on any atom is 0.257 e. The summed E-state index contributed by atoms with van der Waals surface area (Å²) in [5.74, 6) is 1.34. The van der Waals surface area contributed by atoms with E-state index in [1.54, 1.807) is 36.5 Å². The number of sulfonamides is 1. The Balaban J connectivity index is 1.60. The molecule has 1 aliphatic rings. The Labute approximate surface area is 144 Å². The molecule has 1 aliphatic heterocycles. The second-order valence-electron chi connectivity index (χ2n) is 5.81. The first-order valence-electron chi connectivity index (χ1n) is 7.96. The number of rotatable bonds is 5. The fourth-order valence-corrected chi connectivity index (χ4v) is 4.36. The molecule has 0 spiro atoms. The van der Waals surface area contributed by atoms with Gasteiger partial charge in [-0.15, -0.1) is 0 Å². The van der Waals surface area contributed by atoms with Gasteiger partial charge in [0.1, 0.15) is 5.76 Å². The Morgan fingerprint density at radius 2 is 1.96 bits per heavy atom. The Kier molecular flexibility index (Phi) is 4.10. The summed E-state index contributed by atoms with van der Waals surface area (Å²) < 4.78 is 37.1. The minimum Gasteiger partial charge on any atom is -0.361 e. The van der Waals surface area contributed by atoms with Crippen molar-refractivity contribution in [3.8, 4) is 11.5 Å².